The van der Waals surface area contributed by atoms with Gasteiger partial charge in [0, 0.05) is 18.4 Å². The lowest BCUT2D eigenvalue weighted by Crippen LogP contribution is -2.26. The summed E-state index contributed by atoms with van der Waals surface area (Å²) in [6.45, 7) is 1.99. The number of carbonyl (C=O) groups excluding carboxylic acids is 1. The molecule has 0 saturated heterocycles. The highest BCUT2D eigenvalue weighted by Gasteiger charge is 2.11. The van der Waals surface area contributed by atoms with Gasteiger partial charge in [-0.05, 0) is 24.6 Å². The fraction of sp³-hybridized carbons (Fsp3) is 0.190. The third-order valence-electron chi connectivity index (χ3n) is 4.00. The highest BCUT2D eigenvalue weighted by molar-refractivity contribution is 5.76. The van der Waals surface area contributed by atoms with E-state index < -0.39 is 0 Å². The van der Waals surface area contributed by atoms with Gasteiger partial charge >= 0.3 is 0 Å². The van der Waals surface area contributed by atoms with Gasteiger partial charge in [-0.15, -0.1) is 0 Å². The molecule has 0 bridgehead atoms. The molecule has 0 fully saturated rings. The van der Waals surface area contributed by atoms with Crippen molar-refractivity contribution in [2.45, 2.75) is 25.8 Å². The molecule has 1 heterocycles. The largest absolute Gasteiger partial charge is 0.461 e. The Balaban J connectivity index is 1.53. The Labute approximate surface area is 142 Å². The standard InChI is InChI=1S/C21H21NO2/c1-16(17-8-4-2-5-9-17)22-21(23)15-13-19-12-14-20(24-19)18-10-6-3-7-11-18/h2-12,14,16H,13,15H2,1H3,(H,22,23)/t16-/m1/s1. The predicted octanol–water partition coefficient (Wildman–Crippen LogP) is 4.76. The Morgan fingerprint density at radius 1 is 0.958 bits per heavy atom. The number of hydrogen-bond donors (Lipinski definition) is 1. The summed E-state index contributed by atoms with van der Waals surface area (Å²) < 4.78 is 5.83. The molecule has 1 atom stereocenters. The molecule has 1 aromatic heterocycles. The Kier molecular flexibility index (Phi) is 5.12. The second kappa shape index (κ2) is 7.64. The van der Waals surface area contributed by atoms with Crippen LogP contribution in [-0.2, 0) is 11.2 Å². The summed E-state index contributed by atoms with van der Waals surface area (Å²) in [5.41, 5.74) is 2.15. The second-order valence-corrected chi connectivity index (χ2v) is 5.83. The fourth-order valence-corrected chi connectivity index (χ4v) is 2.65. The Morgan fingerprint density at radius 2 is 1.62 bits per heavy atom. The molecule has 3 aromatic rings. The summed E-state index contributed by atoms with van der Waals surface area (Å²) in [6, 6.07) is 23.8. The van der Waals surface area contributed by atoms with Crippen molar-refractivity contribution in [3.05, 3.63) is 84.1 Å². The highest BCUT2D eigenvalue weighted by atomic mass is 16.3. The monoisotopic (exact) mass is 319 g/mol. The maximum absolute atomic E-state index is 12.1. The van der Waals surface area contributed by atoms with Crippen molar-refractivity contribution in [2.75, 3.05) is 0 Å². The van der Waals surface area contributed by atoms with Gasteiger partial charge in [-0.1, -0.05) is 60.7 Å². The third kappa shape index (κ3) is 4.13. The SMILES string of the molecule is C[C@@H](NC(=O)CCc1ccc(-c2ccccc2)o1)c1ccccc1. The molecule has 24 heavy (non-hydrogen) atoms. The first-order valence-electron chi connectivity index (χ1n) is 8.21. The molecule has 0 saturated carbocycles. The average Bonchev–Trinajstić information content (AvgIpc) is 3.10. The maximum Gasteiger partial charge on any atom is 0.220 e. The van der Waals surface area contributed by atoms with E-state index in [1.165, 1.54) is 0 Å². The van der Waals surface area contributed by atoms with Gasteiger partial charge in [0.2, 0.25) is 5.91 Å². The van der Waals surface area contributed by atoms with Crippen molar-refractivity contribution in [1.82, 2.24) is 5.32 Å². The average molecular weight is 319 g/mol. The molecule has 3 heteroatoms. The predicted molar refractivity (Wildman–Crippen MR) is 95.5 cm³/mol. The number of furan rings is 1. The van der Waals surface area contributed by atoms with Crippen LogP contribution in [0.25, 0.3) is 11.3 Å². The van der Waals surface area contributed by atoms with Gasteiger partial charge in [0.05, 0.1) is 6.04 Å². The molecule has 0 aliphatic heterocycles. The summed E-state index contributed by atoms with van der Waals surface area (Å²) in [6.07, 6.45) is 1.01. The van der Waals surface area contributed by atoms with Gasteiger partial charge < -0.3 is 9.73 Å². The molecule has 3 rings (SSSR count). The number of nitrogens with one attached hydrogen (secondary N) is 1. The number of aryl methyl sites for hydroxylation is 1. The van der Waals surface area contributed by atoms with Crippen LogP contribution in [0.4, 0.5) is 0 Å². The number of carbonyl (C=O) groups is 1. The first kappa shape index (κ1) is 16.1. The highest BCUT2D eigenvalue weighted by Crippen LogP contribution is 2.22. The Morgan fingerprint density at radius 3 is 2.33 bits per heavy atom. The summed E-state index contributed by atoms with van der Waals surface area (Å²) in [7, 11) is 0. The fourth-order valence-electron chi connectivity index (χ4n) is 2.65. The van der Waals surface area contributed by atoms with Gasteiger partial charge in [0.25, 0.3) is 0 Å². The molecule has 0 aliphatic carbocycles. The first-order valence-corrected chi connectivity index (χ1v) is 8.21. The second-order valence-electron chi connectivity index (χ2n) is 5.83. The number of benzene rings is 2. The van der Waals surface area contributed by atoms with Crippen molar-refractivity contribution >= 4 is 5.91 Å². The zero-order chi connectivity index (χ0) is 16.8. The van der Waals surface area contributed by atoms with Gasteiger partial charge in [-0.2, -0.15) is 0 Å². The van der Waals surface area contributed by atoms with Crippen LogP contribution >= 0.6 is 0 Å². The molecule has 0 radical (unpaired) electrons. The minimum Gasteiger partial charge on any atom is -0.461 e. The van der Waals surface area contributed by atoms with Crippen molar-refractivity contribution in [3.63, 3.8) is 0 Å². The summed E-state index contributed by atoms with van der Waals surface area (Å²) in [5.74, 6) is 1.70. The van der Waals surface area contributed by atoms with E-state index in [1.807, 2.05) is 79.7 Å². The minimum atomic E-state index is 0.00943. The molecule has 1 amide bonds. The van der Waals surface area contributed by atoms with E-state index in [-0.39, 0.29) is 11.9 Å². The normalized spacial score (nSPS) is 11.9. The van der Waals surface area contributed by atoms with E-state index in [9.17, 15) is 4.79 Å². The summed E-state index contributed by atoms with van der Waals surface area (Å²) in [5, 5.41) is 3.02. The molecular weight excluding hydrogens is 298 g/mol. The van der Waals surface area contributed by atoms with Crippen LogP contribution < -0.4 is 5.32 Å². The van der Waals surface area contributed by atoms with Crippen LogP contribution in [0.2, 0.25) is 0 Å². The molecule has 1 N–H and O–H groups in total. The van der Waals surface area contributed by atoms with Crippen LogP contribution in [0.3, 0.4) is 0 Å². The van der Waals surface area contributed by atoms with Gasteiger partial charge in [-0.25, -0.2) is 0 Å². The van der Waals surface area contributed by atoms with Crippen molar-refractivity contribution < 1.29 is 9.21 Å². The van der Waals surface area contributed by atoms with Gasteiger partial charge in [-0.3, -0.25) is 4.79 Å². The van der Waals surface area contributed by atoms with Crippen molar-refractivity contribution in [3.8, 4) is 11.3 Å². The molecule has 122 valence electrons. The van der Waals surface area contributed by atoms with Crippen LogP contribution in [0, 0.1) is 0 Å². The molecule has 0 aliphatic rings. The lowest BCUT2D eigenvalue weighted by Gasteiger charge is -2.13. The zero-order valence-corrected chi connectivity index (χ0v) is 13.7. The molecule has 2 aromatic carbocycles. The smallest absolute Gasteiger partial charge is 0.220 e. The number of hydrogen-bond acceptors (Lipinski definition) is 2. The minimum absolute atomic E-state index is 0.00943. The van der Waals surface area contributed by atoms with E-state index in [0.29, 0.717) is 12.8 Å². The van der Waals surface area contributed by atoms with E-state index >= 15 is 0 Å². The molecular formula is C21H21NO2. The maximum atomic E-state index is 12.1. The van der Waals surface area contributed by atoms with E-state index in [1.54, 1.807) is 0 Å². The lowest BCUT2D eigenvalue weighted by molar-refractivity contribution is -0.121. The molecule has 3 nitrogen and oxygen atoms in total. The van der Waals surface area contributed by atoms with Crippen LogP contribution in [0.5, 0.6) is 0 Å². The summed E-state index contributed by atoms with van der Waals surface area (Å²) in [4.78, 5) is 12.1. The zero-order valence-electron chi connectivity index (χ0n) is 13.7. The molecule has 0 spiro atoms. The number of amides is 1. The Bertz CT molecular complexity index is 778. The first-order chi connectivity index (χ1) is 11.7. The number of rotatable bonds is 6. The van der Waals surface area contributed by atoms with Gasteiger partial charge in [0.1, 0.15) is 11.5 Å². The van der Waals surface area contributed by atoms with Crippen molar-refractivity contribution in [1.29, 1.82) is 0 Å². The van der Waals surface area contributed by atoms with Crippen LogP contribution in [0.15, 0.2) is 77.2 Å². The van der Waals surface area contributed by atoms with Crippen molar-refractivity contribution in [2.24, 2.45) is 0 Å². The third-order valence-corrected chi connectivity index (χ3v) is 4.00. The molecule has 0 unspecified atom stereocenters. The van der Waals surface area contributed by atoms with E-state index in [2.05, 4.69) is 5.32 Å². The van der Waals surface area contributed by atoms with Crippen LogP contribution in [0.1, 0.15) is 30.7 Å². The van der Waals surface area contributed by atoms with Crippen LogP contribution in [-0.4, -0.2) is 5.91 Å². The summed E-state index contributed by atoms with van der Waals surface area (Å²) >= 11 is 0. The van der Waals surface area contributed by atoms with E-state index in [4.69, 9.17) is 4.42 Å². The topological polar surface area (TPSA) is 42.2 Å². The van der Waals surface area contributed by atoms with Gasteiger partial charge in [0.15, 0.2) is 0 Å². The lowest BCUT2D eigenvalue weighted by atomic mass is 10.1. The Hall–Kier alpha value is -2.81. The van der Waals surface area contributed by atoms with E-state index in [0.717, 1.165) is 22.6 Å². The quantitative estimate of drug-likeness (QED) is 0.712.